The van der Waals surface area contributed by atoms with Crippen LogP contribution in [-0.2, 0) is 9.53 Å². The number of amides is 1. The summed E-state index contributed by atoms with van der Waals surface area (Å²) in [5.74, 6) is -1.02. The Morgan fingerprint density at radius 2 is 2.00 bits per heavy atom. The highest BCUT2D eigenvalue weighted by Gasteiger charge is 2.20. The van der Waals surface area contributed by atoms with Crippen LogP contribution in [0.25, 0.3) is 0 Å². The lowest BCUT2D eigenvalue weighted by Crippen LogP contribution is -2.29. The van der Waals surface area contributed by atoms with Crippen molar-refractivity contribution in [3.8, 4) is 0 Å². The Bertz CT molecular complexity index is 672. The van der Waals surface area contributed by atoms with Gasteiger partial charge in [0.25, 0.3) is 5.91 Å². The summed E-state index contributed by atoms with van der Waals surface area (Å²) in [6.07, 6.45) is -0.933. The van der Waals surface area contributed by atoms with Crippen LogP contribution in [0.5, 0.6) is 0 Å². The third-order valence-electron chi connectivity index (χ3n) is 2.52. The predicted octanol–water partition coefficient (Wildman–Crippen LogP) is 4.24. The first-order valence-electron chi connectivity index (χ1n) is 5.98. The lowest BCUT2D eigenvalue weighted by Gasteiger charge is -2.13. The molecule has 0 aliphatic rings. The second kappa shape index (κ2) is 6.93. The van der Waals surface area contributed by atoms with Gasteiger partial charge in [0.05, 0.1) is 4.34 Å². The average molecular weight is 344 g/mol. The lowest BCUT2D eigenvalue weighted by atomic mass is 10.3. The molecule has 0 fully saturated rings. The summed E-state index contributed by atoms with van der Waals surface area (Å²) < 4.78 is 5.57. The molecule has 2 aromatic rings. The highest BCUT2D eigenvalue weighted by atomic mass is 35.5. The van der Waals surface area contributed by atoms with Crippen LogP contribution in [0.2, 0.25) is 9.36 Å². The molecule has 1 atom stereocenters. The maximum absolute atomic E-state index is 11.9. The van der Waals surface area contributed by atoms with E-state index >= 15 is 0 Å². The second-order valence-electron chi connectivity index (χ2n) is 4.15. The minimum atomic E-state index is -0.933. The van der Waals surface area contributed by atoms with Gasteiger partial charge >= 0.3 is 5.97 Å². The summed E-state index contributed by atoms with van der Waals surface area (Å²) in [5, 5.41) is 3.13. The fourth-order valence-corrected chi connectivity index (χ4v) is 2.62. The molecule has 4 nitrogen and oxygen atoms in total. The number of benzene rings is 1. The Morgan fingerprint density at radius 1 is 1.24 bits per heavy atom. The van der Waals surface area contributed by atoms with Gasteiger partial charge in [-0.15, -0.1) is 11.3 Å². The molecule has 2 rings (SSSR count). The minimum Gasteiger partial charge on any atom is -0.448 e. The minimum absolute atomic E-state index is 0.349. The molecular formula is C14H11Cl2NO3S. The van der Waals surface area contributed by atoms with E-state index in [2.05, 4.69) is 5.32 Å². The summed E-state index contributed by atoms with van der Waals surface area (Å²) in [5.41, 5.74) is 0.537. The van der Waals surface area contributed by atoms with Crippen molar-refractivity contribution in [2.45, 2.75) is 13.0 Å². The summed E-state index contributed by atoms with van der Waals surface area (Å²) >= 11 is 12.7. The topological polar surface area (TPSA) is 55.4 Å². The fraction of sp³-hybridized carbons (Fsp3) is 0.143. The summed E-state index contributed by atoms with van der Waals surface area (Å²) in [6.45, 7) is 1.49. The zero-order chi connectivity index (χ0) is 15.4. The standard InChI is InChI=1S/C14H11Cl2NO3S/c1-8(20-14(19)11-5-6-12(16)21-11)13(18)17-10-4-2-3-9(15)7-10/h2-8H,1H3,(H,17,18)/t8-/m1/s1. The number of carbonyl (C=O) groups is 2. The number of halogens is 2. The van der Waals surface area contributed by atoms with Crippen molar-refractivity contribution in [2.75, 3.05) is 5.32 Å². The lowest BCUT2D eigenvalue weighted by molar-refractivity contribution is -0.123. The number of rotatable bonds is 4. The summed E-state index contributed by atoms with van der Waals surface area (Å²) in [7, 11) is 0. The third kappa shape index (κ3) is 4.46. The van der Waals surface area contributed by atoms with Gasteiger partial charge in [-0.2, -0.15) is 0 Å². The highest BCUT2D eigenvalue weighted by molar-refractivity contribution is 7.17. The molecule has 1 N–H and O–H groups in total. The van der Waals surface area contributed by atoms with Crippen molar-refractivity contribution >= 4 is 52.1 Å². The van der Waals surface area contributed by atoms with E-state index in [0.29, 0.717) is 19.9 Å². The SMILES string of the molecule is C[C@@H](OC(=O)c1ccc(Cl)s1)C(=O)Nc1cccc(Cl)c1. The van der Waals surface area contributed by atoms with Crippen molar-refractivity contribution in [3.05, 3.63) is 50.6 Å². The molecule has 0 saturated carbocycles. The molecule has 0 unspecified atom stereocenters. The van der Waals surface area contributed by atoms with E-state index in [0.717, 1.165) is 11.3 Å². The number of thiophene rings is 1. The Labute approximate surface area is 135 Å². The van der Waals surface area contributed by atoms with Crippen molar-refractivity contribution in [1.82, 2.24) is 0 Å². The maximum atomic E-state index is 11.9. The first-order valence-corrected chi connectivity index (χ1v) is 7.55. The van der Waals surface area contributed by atoms with Gasteiger partial charge in [-0.1, -0.05) is 29.3 Å². The molecule has 1 heterocycles. The fourth-order valence-electron chi connectivity index (χ4n) is 1.51. The molecular weight excluding hydrogens is 333 g/mol. The van der Waals surface area contributed by atoms with Crippen LogP contribution in [0.1, 0.15) is 16.6 Å². The number of hydrogen-bond acceptors (Lipinski definition) is 4. The van der Waals surface area contributed by atoms with Gasteiger partial charge in [0, 0.05) is 10.7 Å². The van der Waals surface area contributed by atoms with Gasteiger partial charge in [-0.25, -0.2) is 4.79 Å². The van der Waals surface area contributed by atoms with E-state index in [1.165, 1.54) is 6.92 Å². The molecule has 0 spiro atoms. The number of anilines is 1. The quantitative estimate of drug-likeness (QED) is 0.844. The summed E-state index contributed by atoms with van der Waals surface area (Å²) in [4.78, 5) is 24.1. The molecule has 0 aliphatic heterocycles. The number of hydrogen-bond donors (Lipinski definition) is 1. The van der Waals surface area contributed by atoms with Crippen LogP contribution >= 0.6 is 34.5 Å². The molecule has 1 aromatic heterocycles. The van der Waals surface area contributed by atoms with Crippen LogP contribution in [0.3, 0.4) is 0 Å². The Kier molecular flexibility index (Phi) is 5.22. The van der Waals surface area contributed by atoms with E-state index in [1.54, 1.807) is 36.4 Å². The smallest absolute Gasteiger partial charge is 0.349 e. The van der Waals surface area contributed by atoms with E-state index < -0.39 is 18.0 Å². The second-order valence-corrected chi connectivity index (χ2v) is 6.30. The first kappa shape index (κ1) is 15.8. The van der Waals surface area contributed by atoms with E-state index in [4.69, 9.17) is 27.9 Å². The van der Waals surface area contributed by atoms with Crippen LogP contribution < -0.4 is 5.32 Å². The average Bonchev–Trinajstić information content (AvgIpc) is 2.85. The van der Waals surface area contributed by atoms with Gasteiger partial charge in [-0.05, 0) is 37.3 Å². The molecule has 1 amide bonds. The molecule has 21 heavy (non-hydrogen) atoms. The molecule has 0 bridgehead atoms. The van der Waals surface area contributed by atoms with Crippen molar-refractivity contribution in [2.24, 2.45) is 0 Å². The Balaban J connectivity index is 1.95. The number of esters is 1. The molecule has 0 aliphatic carbocycles. The first-order chi connectivity index (χ1) is 9.95. The highest BCUT2D eigenvalue weighted by Crippen LogP contribution is 2.22. The Hall–Kier alpha value is -1.56. The van der Waals surface area contributed by atoms with E-state index in [-0.39, 0.29) is 0 Å². The number of carbonyl (C=O) groups excluding carboxylic acids is 2. The van der Waals surface area contributed by atoms with Crippen LogP contribution in [0.4, 0.5) is 5.69 Å². The molecule has 1 aromatic carbocycles. The summed E-state index contributed by atoms with van der Waals surface area (Å²) in [6, 6.07) is 9.85. The molecule has 0 saturated heterocycles. The normalized spacial score (nSPS) is 11.8. The zero-order valence-corrected chi connectivity index (χ0v) is 13.3. The number of ether oxygens (including phenoxy) is 1. The zero-order valence-electron chi connectivity index (χ0n) is 10.9. The molecule has 0 radical (unpaired) electrons. The number of nitrogens with one attached hydrogen (secondary N) is 1. The van der Waals surface area contributed by atoms with Gasteiger partial charge in [-0.3, -0.25) is 4.79 Å². The van der Waals surface area contributed by atoms with Gasteiger partial charge < -0.3 is 10.1 Å². The Morgan fingerprint density at radius 3 is 2.62 bits per heavy atom. The molecule has 7 heteroatoms. The monoisotopic (exact) mass is 343 g/mol. The largest absolute Gasteiger partial charge is 0.448 e. The molecule has 110 valence electrons. The van der Waals surface area contributed by atoms with Crippen LogP contribution in [-0.4, -0.2) is 18.0 Å². The van der Waals surface area contributed by atoms with E-state index in [9.17, 15) is 9.59 Å². The van der Waals surface area contributed by atoms with Gasteiger partial charge in [0.15, 0.2) is 6.10 Å². The van der Waals surface area contributed by atoms with Crippen molar-refractivity contribution < 1.29 is 14.3 Å². The van der Waals surface area contributed by atoms with E-state index in [1.807, 2.05) is 0 Å². The van der Waals surface area contributed by atoms with Gasteiger partial charge in [0.1, 0.15) is 4.88 Å². The van der Waals surface area contributed by atoms with Gasteiger partial charge in [0.2, 0.25) is 0 Å². The van der Waals surface area contributed by atoms with Crippen molar-refractivity contribution in [1.29, 1.82) is 0 Å². The van der Waals surface area contributed by atoms with Crippen LogP contribution in [0, 0.1) is 0 Å². The maximum Gasteiger partial charge on any atom is 0.349 e. The van der Waals surface area contributed by atoms with Crippen molar-refractivity contribution in [3.63, 3.8) is 0 Å². The van der Waals surface area contributed by atoms with Crippen LogP contribution in [0.15, 0.2) is 36.4 Å². The predicted molar refractivity (Wildman–Crippen MR) is 84.3 cm³/mol. The third-order valence-corrected chi connectivity index (χ3v) is 3.97.